The lowest BCUT2D eigenvalue weighted by molar-refractivity contribution is 0.576. The number of rotatable bonds is 4. The Balaban J connectivity index is 2.49. The minimum Gasteiger partial charge on any atom is -0.313 e. The van der Waals surface area contributed by atoms with Gasteiger partial charge in [-0.2, -0.15) is 0 Å². The molecule has 0 bridgehead atoms. The highest BCUT2D eigenvalue weighted by atomic mass is 19.1. The molecule has 0 aromatic heterocycles. The average Bonchev–Trinajstić information content (AvgIpc) is 2.40. The van der Waals surface area contributed by atoms with Crippen molar-refractivity contribution in [2.24, 2.45) is 0 Å². The van der Waals surface area contributed by atoms with Gasteiger partial charge in [0, 0.05) is 6.04 Å². The Hall–Kier alpha value is -1.74. The van der Waals surface area contributed by atoms with E-state index < -0.39 is 11.6 Å². The molecular formula is C16H17F2N. The zero-order valence-electron chi connectivity index (χ0n) is 11.1. The SMILES string of the molecule is CCC(NC)c1cccc(-c2c(F)cccc2F)c1. The van der Waals surface area contributed by atoms with Crippen LogP contribution in [0.1, 0.15) is 24.9 Å². The zero-order chi connectivity index (χ0) is 13.8. The van der Waals surface area contributed by atoms with E-state index in [9.17, 15) is 8.78 Å². The van der Waals surface area contributed by atoms with Gasteiger partial charge in [-0.15, -0.1) is 0 Å². The fourth-order valence-corrected chi connectivity index (χ4v) is 2.29. The Kier molecular flexibility index (Phi) is 4.27. The maximum Gasteiger partial charge on any atom is 0.133 e. The van der Waals surface area contributed by atoms with Gasteiger partial charge >= 0.3 is 0 Å². The van der Waals surface area contributed by atoms with Crippen LogP contribution < -0.4 is 5.32 Å². The van der Waals surface area contributed by atoms with E-state index in [4.69, 9.17) is 0 Å². The van der Waals surface area contributed by atoms with E-state index in [-0.39, 0.29) is 11.6 Å². The van der Waals surface area contributed by atoms with Gasteiger partial charge in [-0.05, 0) is 42.8 Å². The van der Waals surface area contributed by atoms with Crippen LogP contribution in [0.5, 0.6) is 0 Å². The van der Waals surface area contributed by atoms with Crippen molar-refractivity contribution in [2.45, 2.75) is 19.4 Å². The summed E-state index contributed by atoms with van der Waals surface area (Å²) in [4.78, 5) is 0. The molecule has 2 aromatic carbocycles. The Bertz CT molecular complexity index is 542. The Morgan fingerprint density at radius 2 is 1.68 bits per heavy atom. The molecule has 0 saturated heterocycles. The van der Waals surface area contributed by atoms with Crippen molar-refractivity contribution in [2.75, 3.05) is 7.05 Å². The summed E-state index contributed by atoms with van der Waals surface area (Å²) in [6.07, 6.45) is 0.916. The van der Waals surface area contributed by atoms with Gasteiger partial charge in [0.25, 0.3) is 0 Å². The first-order valence-corrected chi connectivity index (χ1v) is 6.39. The summed E-state index contributed by atoms with van der Waals surface area (Å²) >= 11 is 0. The van der Waals surface area contributed by atoms with Gasteiger partial charge in [0.2, 0.25) is 0 Å². The molecule has 0 radical (unpaired) electrons. The molecule has 1 N–H and O–H groups in total. The van der Waals surface area contributed by atoms with Crippen LogP contribution in [-0.2, 0) is 0 Å². The van der Waals surface area contributed by atoms with Gasteiger partial charge in [-0.25, -0.2) is 8.78 Å². The molecule has 2 aromatic rings. The summed E-state index contributed by atoms with van der Waals surface area (Å²) in [5, 5.41) is 3.19. The smallest absolute Gasteiger partial charge is 0.133 e. The van der Waals surface area contributed by atoms with Crippen LogP contribution in [0.2, 0.25) is 0 Å². The molecule has 2 rings (SSSR count). The zero-order valence-corrected chi connectivity index (χ0v) is 11.1. The van der Waals surface area contributed by atoms with Crippen molar-refractivity contribution >= 4 is 0 Å². The highest BCUT2D eigenvalue weighted by molar-refractivity contribution is 5.65. The molecule has 0 aliphatic carbocycles. The third kappa shape index (κ3) is 2.82. The van der Waals surface area contributed by atoms with Gasteiger partial charge in [0.15, 0.2) is 0 Å². The molecule has 0 amide bonds. The first-order valence-electron chi connectivity index (χ1n) is 6.39. The number of hydrogen-bond acceptors (Lipinski definition) is 1. The predicted octanol–water partition coefficient (Wildman–Crippen LogP) is 4.30. The molecule has 0 heterocycles. The quantitative estimate of drug-likeness (QED) is 0.865. The summed E-state index contributed by atoms with van der Waals surface area (Å²) in [5.74, 6) is -1.07. The van der Waals surface area contributed by atoms with Crippen molar-refractivity contribution < 1.29 is 8.78 Å². The van der Waals surface area contributed by atoms with Gasteiger partial charge in [0.05, 0.1) is 5.56 Å². The molecule has 0 fully saturated rings. The van der Waals surface area contributed by atoms with E-state index in [0.717, 1.165) is 12.0 Å². The Morgan fingerprint density at radius 3 is 2.26 bits per heavy atom. The average molecular weight is 261 g/mol. The maximum atomic E-state index is 13.8. The van der Waals surface area contributed by atoms with Crippen molar-refractivity contribution in [3.05, 3.63) is 59.7 Å². The third-order valence-corrected chi connectivity index (χ3v) is 3.30. The van der Waals surface area contributed by atoms with Crippen LogP contribution in [0.15, 0.2) is 42.5 Å². The van der Waals surface area contributed by atoms with Gasteiger partial charge in [-0.3, -0.25) is 0 Å². The molecule has 1 unspecified atom stereocenters. The van der Waals surface area contributed by atoms with E-state index >= 15 is 0 Å². The largest absolute Gasteiger partial charge is 0.313 e. The lowest BCUT2D eigenvalue weighted by Gasteiger charge is -2.15. The molecule has 1 atom stereocenters. The van der Waals surface area contributed by atoms with Crippen LogP contribution >= 0.6 is 0 Å². The van der Waals surface area contributed by atoms with Crippen molar-refractivity contribution in [3.63, 3.8) is 0 Å². The second-order valence-corrected chi connectivity index (χ2v) is 4.47. The Morgan fingerprint density at radius 1 is 1.05 bits per heavy atom. The summed E-state index contributed by atoms with van der Waals surface area (Å²) in [6, 6.07) is 11.5. The van der Waals surface area contributed by atoms with Crippen molar-refractivity contribution in [3.8, 4) is 11.1 Å². The van der Waals surface area contributed by atoms with Crippen LogP contribution in [0.4, 0.5) is 8.78 Å². The van der Waals surface area contributed by atoms with Gasteiger partial charge in [-0.1, -0.05) is 31.2 Å². The summed E-state index contributed by atoms with van der Waals surface area (Å²) in [7, 11) is 1.88. The predicted molar refractivity (Wildman–Crippen MR) is 73.9 cm³/mol. The lowest BCUT2D eigenvalue weighted by Crippen LogP contribution is -2.15. The van der Waals surface area contributed by atoms with Crippen LogP contribution in [0.3, 0.4) is 0 Å². The molecule has 100 valence electrons. The van der Waals surface area contributed by atoms with Crippen molar-refractivity contribution in [1.29, 1.82) is 0 Å². The maximum absolute atomic E-state index is 13.8. The number of halogens is 2. The van der Waals surface area contributed by atoms with Crippen LogP contribution in [0, 0.1) is 11.6 Å². The minimum atomic E-state index is -0.533. The molecule has 0 saturated carbocycles. The van der Waals surface area contributed by atoms with E-state index in [2.05, 4.69) is 12.2 Å². The van der Waals surface area contributed by atoms with Crippen LogP contribution in [0.25, 0.3) is 11.1 Å². The Labute approximate surface area is 112 Å². The molecule has 0 aliphatic heterocycles. The van der Waals surface area contributed by atoms with Crippen LogP contribution in [-0.4, -0.2) is 7.05 Å². The third-order valence-electron chi connectivity index (χ3n) is 3.30. The highest BCUT2D eigenvalue weighted by Crippen LogP contribution is 2.28. The summed E-state index contributed by atoms with van der Waals surface area (Å²) < 4.78 is 27.6. The van der Waals surface area contributed by atoms with E-state index in [0.29, 0.717) is 5.56 Å². The van der Waals surface area contributed by atoms with Gasteiger partial charge < -0.3 is 5.32 Å². The second-order valence-electron chi connectivity index (χ2n) is 4.47. The molecule has 3 heteroatoms. The van der Waals surface area contributed by atoms with E-state index in [1.807, 2.05) is 25.2 Å². The first-order chi connectivity index (χ1) is 9.17. The topological polar surface area (TPSA) is 12.0 Å². The van der Waals surface area contributed by atoms with E-state index in [1.54, 1.807) is 6.07 Å². The molecule has 1 nitrogen and oxygen atoms in total. The molecule has 0 spiro atoms. The van der Waals surface area contributed by atoms with Crippen molar-refractivity contribution in [1.82, 2.24) is 5.32 Å². The summed E-state index contributed by atoms with van der Waals surface area (Å²) in [6.45, 7) is 2.07. The van der Waals surface area contributed by atoms with Gasteiger partial charge in [0.1, 0.15) is 11.6 Å². The summed E-state index contributed by atoms with van der Waals surface area (Å²) in [5.41, 5.74) is 1.64. The minimum absolute atomic E-state index is 0.0373. The first kappa shape index (κ1) is 13.7. The monoisotopic (exact) mass is 261 g/mol. The molecular weight excluding hydrogens is 244 g/mol. The fraction of sp³-hybridized carbons (Fsp3) is 0.250. The highest BCUT2D eigenvalue weighted by Gasteiger charge is 2.13. The normalized spacial score (nSPS) is 12.4. The fourth-order valence-electron chi connectivity index (χ4n) is 2.29. The number of hydrogen-bond donors (Lipinski definition) is 1. The molecule has 19 heavy (non-hydrogen) atoms. The van der Waals surface area contributed by atoms with E-state index in [1.165, 1.54) is 18.2 Å². The standard InChI is InChI=1S/C16H17F2N/c1-3-15(19-2)11-6-4-7-12(10-11)16-13(17)8-5-9-14(16)18/h4-10,15,19H,3H2,1-2H3. The molecule has 0 aliphatic rings. The number of nitrogens with one attached hydrogen (secondary N) is 1. The number of benzene rings is 2. The second kappa shape index (κ2) is 5.93. The lowest BCUT2D eigenvalue weighted by atomic mass is 9.98.